The van der Waals surface area contributed by atoms with Crippen LogP contribution in [0, 0.1) is 0 Å². The van der Waals surface area contributed by atoms with E-state index in [0.717, 1.165) is 0 Å². The average Bonchev–Trinajstić information content (AvgIpc) is 3.77. The Morgan fingerprint density at radius 1 is 0.614 bits per heavy atom. The van der Waals surface area contributed by atoms with E-state index in [2.05, 4.69) is 98.8 Å². The molecule has 4 heteroatoms. The molecule has 2 unspecified atom stereocenters. The first-order valence-corrected chi connectivity index (χ1v) is 24.0. The van der Waals surface area contributed by atoms with Crippen molar-refractivity contribution in [2.75, 3.05) is 0 Å². The summed E-state index contributed by atoms with van der Waals surface area (Å²) >= 11 is 9.99. The molecule has 0 N–H and O–H groups in total. The van der Waals surface area contributed by atoms with Gasteiger partial charge in [0.2, 0.25) is 6.69 Å². The quantitative estimate of drug-likeness (QED) is 0.146. The molecule has 0 nitrogen and oxygen atoms in total. The molecule has 4 aliphatic carbocycles. The fraction of sp³-hybridized carbons (Fsp3) is 0.300. The van der Waals surface area contributed by atoms with Crippen LogP contribution in [0.15, 0.2) is 83.9 Å². The van der Waals surface area contributed by atoms with Crippen LogP contribution in [0.1, 0.15) is 78.4 Å². The third-order valence-electron chi connectivity index (χ3n) is 9.68. The van der Waals surface area contributed by atoms with Crippen LogP contribution in [0.2, 0.25) is 13.1 Å². The van der Waals surface area contributed by atoms with Gasteiger partial charge < -0.3 is 0 Å². The van der Waals surface area contributed by atoms with E-state index in [9.17, 15) is 0 Å². The maximum Gasteiger partial charge on any atom is 0.245 e. The molecule has 2 atom stereocenters. The number of allylic oxidation sites excluding steroid dienone is 2. The van der Waals surface area contributed by atoms with Crippen molar-refractivity contribution in [1.29, 1.82) is 0 Å². The van der Waals surface area contributed by atoms with Gasteiger partial charge in [0.05, 0.1) is 0 Å². The van der Waals surface area contributed by atoms with Crippen molar-refractivity contribution >= 4 is 41.0 Å². The van der Waals surface area contributed by atoms with Gasteiger partial charge in [-0.15, -0.1) is 22.2 Å². The third kappa shape index (κ3) is 5.86. The molecule has 0 amide bonds. The van der Waals surface area contributed by atoms with E-state index in [1.54, 1.807) is 66.8 Å². The van der Waals surface area contributed by atoms with Gasteiger partial charge in [0.25, 0.3) is 0 Å². The van der Waals surface area contributed by atoms with E-state index >= 15 is 0 Å². The van der Waals surface area contributed by atoms with E-state index < -0.39 is 29.9 Å². The Kier molecular flexibility index (Phi) is 8.60. The van der Waals surface area contributed by atoms with Gasteiger partial charge in [-0.2, -0.15) is 0 Å². The maximum atomic E-state index is 5.43. The Morgan fingerprint density at radius 2 is 1.00 bits per heavy atom. The molecule has 44 heavy (non-hydrogen) atoms. The first-order chi connectivity index (χ1) is 21.2. The summed E-state index contributed by atoms with van der Waals surface area (Å²) < 4.78 is 1.31. The molecule has 0 radical (unpaired) electrons. The van der Waals surface area contributed by atoms with E-state index in [-0.39, 0.29) is 0 Å². The summed E-state index contributed by atoms with van der Waals surface area (Å²) in [5.74, 6) is 0. The Bertz CT molecular complexity index is 1660. The molecular weight excluding hydrogens is 671 g/mol. The van der Waals surface area contributed by atoms with Crippen molar-refractivity contribution in [2.45, 2.75) is 72.7 Å². The van der Waals surface area contributed by atoms with Gasteiger partial charge in [0.1, 0.15) is 0 Å². The number of hydrogen-bond acceptors (Lipinski definition) is 0. The molecule has 0 saturated carbocycles. The van der Waals surface area contributed by atoms with Crippen LogP contribution >= 0.6 is 22.2 Å². The summed E-state index contributed by atoms with van der Waals surface area (Å²) in [5, 5.41) is 0. The van der Waals surface area contributed by atoms with Crippen molar-refractivity contribution in [1.82, 2.24) is 0 Å². The van der Waals surface area contributed by atoms with Crippen molar-refractivity contribution in [3.63, 3.8) is 0 Å². The summed E-state index contributed by atoms with van der Waals surface area (Å²) in [5.41, 5.74) is 22.1. The molecule has 0 spiro atoms. The Balaban J connectivity index is 0.000000581. The number of benzene rings is 4. The minimum absolute atomic E-state index is 0.657. The molecule has 0 bridgehead atoms. The molecule has 8 rings (SSSR count). The monoisotopic (exact) mass is 708 g/mol. The van der Waals surface area contributed by atoms with Crippen molar-refractivity contribution in [3.8, 4) is 22.3 Å². The van der Waals surface area contributed by atoms with Crippen LogP contribution in [0.3, 0.4) is 0 Å². The largest absolute Gasteiger partial charge is 0.245 e. The summed E-state index contributed by atoms with van der Waals surface area (Å²) in [6, 6.07) is 27.8. The Hall–Kier alpha value is -1.96. The predicted octanol–water partition coefficient (Wildman–Crippen LogP) is 11.9. The number of halogens is 2. The minimum Gasteiger partial charge on any atom is -0.146 e. The van der Waals surface area contributed by atoms with Crippen LogP contribution in [0.4, 0.5) is 0 Å². The van der Waals surface area contributed by atoms with Gasteiger partial charge >= 0.3 is 246 Å². The van der Waals surface area contributed by atoms with Gasteiger partial charge in [-0.05, 0) is 13.1 Å². The van der Waals surface area contributed by atoms with Crippen molar-refractivity contribution < 1.29 is 23.2 Å². The maximum absolute atomic E-state index is 5.43. The average molecular weight is 711 g/mol. The van der Waals surface area contributed by atoms with Crippen LogP contribution in [0.25, 0.3) is 34.4 Å². The molecule has 4 aromatic carbocycles. The van der Waals surface area contributed by atoms with E-state index in [1.165, 1.54) is 49.7 Å². The number of rotatable bonds is 4. The summed E-state index contributed by atoms with van der Waals surface area (Å²) in [6.07, 6.45) is 12.7. The van der Waals surface area contributed by atoms with E-state index in [0.29, 0.717) is 7.25 Å². The van der Waals surface area contributed by atoms with Crippen LogP contribution in [-0.4, -0.2) is 6.69 Å². The zero-order chi connectivity index (χ0) is 30.6. The third-order valence-corrected chi connectivity index (χ3v) is 15.1. The number of aryl methyl sites for hydroxylation is 2. The minimum atomic E-state index is -1.67. The van der Waals surface area contributed by atoms with Crippen LogP contribution in [0.5, 0.6) is 0 Å². The zero-order valence-corrected chi connectivity index (χ0v) is 31.2. The molecular formula is C40H40Cl2SiZr. The standard InChI is InChI=1S/2C19H17.C2H6Cl2Si.Zr/c2*1-13-10-16-12-15-8-5-9-17(15)19(18(16)11-13)14-6-3-2-4-7-14;1-5(2,3)4;/h2*2-4,6-7,10-12H,5,8-9H2,1H3;1-2H3;. The molecule has 0 aromatic heterocycles. The van der Waals surface area contributed by atoms with Crippen molar-refractivity contribution in [2.24, 2.45) is 0 Å². The fourth-order valence-electron chi connectivity index (χ4n) is 7.95. The molecule has 0 aliphatic heterocycles. The van der Waals surface area contributed by atoms with Crippen molar-refractivity contribution in [3.05, 3.63) is 128 Å². The second kappa shape index (κ2) is 12.3. The van der Waals surface area contributed by atoms with Gasteiger partial charge in [0.15, 0.2) is 0 Å². The molecule has 222 valence electrons. The zero-order valence-electron chi connectivity index (χ0n) is 26.2. The molecule has 0 heterocycles. The van der Waals surface area contributed by atoms with Crippen LogP contribution < -0.4 is 0 Å². The predicted molar refractivity (Wildman–Crippen MR) is 190 cm³/mol. The molecule has 4 aromatic rings. The second-order valence-corrected chi connectivity index (χ2v) is 25.9. The summed E-state index contributed by atoms with van der Waals surface area (Å²) in [7, 11) is 0. The Morgan fingerprint density at radius 3 is 1.39 bits per heavy atom. The smallest absolute Gasteiger partial charge is 0.146 e. The Labute approximate surface area is 285 Å². The fourth-order valence-corrected chi connectivity index (χ4v) is 12.5. The SMILES string of the molecule is CC1=Cc2c(cc3c(c2-c2ccccc2)CCC3)[CH]1[Zr][CH]1C(C)=Cc2c1cc1c(c2-c2ccccc2)CCC1.C[Si](C)(Cl)Cl. The van der Waals surface area contributed by atoms with Crippen LogP contribution in [-0.2, 0) is 48.9 Å². The van der Waals surface area contributed by atoms with E-state index in [4.69, 9.17) is 22.2 Å². The molecule has 4 aliphatic rings. The first kappa shape index (κ1) is 30.7. The molecule has 0 saturated heterocycles. The van der Waals surface area contributed by atoms with Gasteiger partial charge in [-0.25, -0.2) is 0 Å². The number of hydrogen-bond donors (Lipinski definition) is 0. The van der Waals surface area contributed by atoms with Gasteiger partial charge in [-0.1, -0.05) is 0 Å². The van der Waals surface area contributed by atoms with E-state index in [1.807, 2.05) is 13.1 Å². The topological polar surface area (TPSA) is 0 Å². The summed E-state index contributed by atoms with van der Waals surface area (Å²) in [4.78, 5) is 0. The normalized spacial score (nSPS) is 19.3. The second-order valence-electron chi connectivity index (χ2n) is 13.4. The van der Waals surface area contributed by atoms with Gasteiger partial charge in [-0.3, -0.25) is 0 Å². The van der Waals surface area contributed by atoms with Gasteiger partial charge in [0, 0.05) is 0 Å². The summed E-state index contributed by atoms with van der Waals surface area (Å²) in [6.45, 7) is 6.91. The molecule has 0 fully saturated rings. The number of fused-ring (bicyclic) bond motifs is 4. The first-order valence-electron chi connectivity index (χ1n) is 16.2.